The number of Topliss-reactive ketones (excluding diaryl/α,β-unsaturated/α-hetero) is 1. The minimum atomic E-state index is -0.137. The molecule has 0 aliphatic carbocycles. The van der Waals surface area contributed by atoms with Crippen molar-refractivity contribution in [2.75, 3.05) is 13.6 Å². The van der Waals surface area contributed by atoms with Crippen LogP contribution >= 0.6 is 0 Å². The highest BCUT2D eigenvalue weighted by atomic mass is 16.1. The number of aromatic nitrogens is 4. The van der Waals surface area contributed by atoms with E-state index in [-0.39, 0.29) is 18.2 Å². The minimum absolute atomic E-state index is 0.137. The van der Waals surface area contributed by atoms with Crippen molar-refractivity contribution in [3.63, 3.8) is 0 Å². The Morgan fingerprint density at radius 2 is 2.29 bits per heavy atom. The van der Waals surface area contributed by atoms with E-state index in [4.69, 9.17) is 0 Å². The van der Waals surface area contributed by atoms with Crippen molar-refractivity contribution in [2.24, 2.45) is 5.92 Å². The van der Waals surface area contributed by atoms with Crippen LogP contribution in [0.15, 0.2) is 0 Å². The fraction of sp³-hybridized carbons (Fsp3) is 0.750. The molecule has 78 valence electrons. The van der Waals surface area contributed by atoms with Gasteiger partial charge in [-0.15, -0.1) is 10.2 Å². The Morgan fingerprint density at radius 3 is 2.86 bits per heavy atom. The van der Waals surface area contributed by atoms with Crippen LogP contribution in [-0.4, -0.2) is 39.6 Å². The van der Waals surface area contributed by atoms with E-state index in [1.807, 2.05) is 0 Å². The van der Waals surface area contributed by atoms with E-state index < -0.39 is 0 Å². The van der Waals surface area contributed by atoms with Crippen molar-refractivity contribution in [3.8, 4) is 0 Å². The lowest BCUT2D eigenvalue weighted by Gasteiger charge is -2.00. The van der Waals surface area contributed by atoms with Crippen LogP contribution in [-0.2, 0) is 6.54 Å². The fourth-order valence-electron chi connectivity index (χ4n) is 0.998. The van der Waals surface area contributed by atoms with Crippen molar-refractivity contribution in [3.05, 3.63) is 5.82 Å². The van der Waals surface area contributed by atoms with Crippen LogP contribution < -0.4 is 5.32 Å². The topological polar surface area (TPSA) is 72.7 Å². The molecule has 1 aromatic heterocycles. The van der Waals surface area contributed by atoms with E-state index in [0.717, 1.165) is 0 Å². The number of likely N-dealkylation sites (N-methyl/N-ethyl adjacent to an activating group) is 1. The first kappa shape index (κ1) is 10.8. The molecule has 0 saturated carbocycles. The zero-order valence-electron chi connectivity index (χ0n) is 8.69. The largest absolute Gasteiger partial charge is 0.313 e. The monoisotopic (exact) mass is 197 g/mol. The average Bonchev–Trinajstić information content (AvgIpc) is 2.52. The van der Waals surface area contributed by atoms with Gasteiger partial charge in [-0.05, 0) is 18.2 Å². The standard InChI is InChI=1S/C8H15N5O/c1-6(2)5-13-11-8(10-12-13)7(14)4-9-3/h6,9H,4-5H2,1-3H3. The van der Waals surface area contributed by atoms with Crippen LogP contribution in [0.25, 0.3) is 0 Å². The molecule has 1 heterocycles. The van der Waals surface area contributed by atoms with Gasteiger partial charge in [0.05, 0.1) is 13.1 Å². The summed E-state index contributed by atoms with van der Waals surface area (Å²) in [6.45, 7) is 5.03. The smallest absolute Gasteiger partial charge is 0.241 e. The van der Waals surface area contributed by atoms with Crippen molar-refractivity contribution in [2.45, 2.75) is 20.4 Å². The third kappa shape index (κ3) is 2.88. The van der Waals surface area contributed by atoms with E-state index in [0.29, 0.717) is 12.5 Å². The SMILES string of the molecule is CNCC(=O)c1nnn(CC(C)C)n1. The van der Waals surface area contributed by atoms with Gasteiger partial charge in [0.15, 0.2) is 0 Å². The molecule has 6 heteroatoms. The highest BCUT2D eigenvalue weighted by Gasteiger charge is 2.11. The lowest BCUT2D eigenvalue weighted by Crippen LogP contribution is -2.20. The van der Waals surface area contributed by atoms with Crippen LogP contribution in [0.1, 0.15) is 24.5 Å². The fourth-order valence-corrected chi connectivity index (χ4v) is 0.998. The van der Waals surface area contributed by atoms with Crippen LogP contribution in [0.5, 0.6) is 0 Å². The van der Waals surface area contributed by atoms with Crippen molar-refractivity contribution >= 4 is 5.78 Å². The molecule has 0 fully saturated rings. The number of tetrazole rings is 1. The Hall–Kier alpha value is -1.30. The predicted octanol–water partition coefficient (Wildman–Crippen LogP) is -0.269. The summed E-state index contributed by atoms with van der Waals surface area (Å²) in [5.41, 5.74) is 0. The normalized spacial score (nSPS) is 10.9. The van der Waals surface area contributed by atoms with Crippen LogP contribution in [0, 0.1) is 5.92 Å². The Balaban J connectivity index is 2.63. The molecule has 1 N–H and O–H groups in total. The lowest BCUT2D eigenvalue weighted by atomic mass is 10.2. The predicted molar refractivity (Wildman–Crippen MR) is 50.9 cm³/mol. The molecule has 0 aliphatic heterocycles. The molecule has 6 nitrogen and oxygen atoms in total. The van der Waals surface area contributed by atoms with E-state index in [1.54, 1.807) is 7.05 Å². The second-order valence-electron chi connectivity index (χ2n) is 3.52. The van der Waals surface area contributed by atoms with Gasteiger partial charge in [0.1, 0.15) is 0 Å². The zero-order valence-corrected chi connectivity index (χ0v) is 8.69. The first-order chi connectivity index (χ1) is 6.63. The maximum atomic E-state index is 11.3. The van der Waals surface area contributed by atoms with Gasteiger partial charge in [-0.1, -0.05) is 13.8 Å². The van der Waals surface area contributed by atoms with Gasteiger partial charge in [-0.2, -0.15) is 4.80 Å². The molecule has 0 bridgehead atoms. The van der Waals surface area contributed by atoms with Crippen molar-refractivity contribution < 1.29 is 4.79 Å². The number of nitrogens with zero attached hydrogens (tertiary/aromatic N) is 4. The molecular weight excluding hydrogens is 182 g/mol. The van der Waals surface area contributed by atoms with E-state index in [2.05, 4.69) is 34.6 Å². The van der Waals surface area contributed by atoms with Crippen LogP contribution in [0.2, 0.25) is 0 Å². The second kappa shape index (κ2) is 4.80. The Morgan fingerprint density at radius 1 is 1.57 bits per heavy atom. The van der Waals surface area contributed by atoms with E-state index in [9.17, 15) is 4.79 Å². The molecular formula is C8H15N5O. The summed E-state index contributed by atoms with van der Waals surface area (Å²) in [4.78, 5) is 12.8. The molecule has 14 heavy (non-hydrogen) atoms. The first-order valence-electron chi connectivity index (χ1n) is 4.59. The number of rotatable bonds is 5. The van der Waals surface area contributed by atoms with Crippen LogP contribution in [0.3, 0.4) is 0 Å². The van der Waals surface area contributed by atoms with Crippen molar-refractivity contribution in [1.29, 1.82) is 0 Å². The van der Waals surface area contributed by atoms with Gasteiger partial charge >= 0.3 is 0 Å². The summed E-state index contributed by atoms with van der Waals surface area (Å²) >= 11 is 0. The number of hydrogen-bond acceptors (Lipinski definition) is 5. The molecule has 0 spiro atoms. The van der Waals surface area contributed by atoms with Gasteiger partial charge < -0.3 is 5.32 Å². The summed E-state index contributed by atoms with van der Waals surface area (Å²) in [6.07, 6.45) is 0. The molecule has 0 unspecified atom stereocenters. The molecule has 0 radical (unpaired) electrons. The van der Waals surface area contributed by atoms with Gasteiger partial charge in [0, 0.05) is 0 Å². The first-order valence-corrected chi connectivity index (χ1v) is 4.59. The highest BCUT2D eigenvalue weighted by Crippen LogP contribution is 1.95. The summed E-state index contributed by atoms with van der Waals surface area (Å²) in [7, 11) is 1.70. The Bertz CT molecular complexity index is 306. The lowest BCUT2D eigenvalue weighted by molar-refractivity contribution is 0.0983. The molecule has 1 rings (SSSR count). The van der Waals surface area contributed by atoms with Gasteiger partial charge in [0.25, 0.3) is 0 Å². The number of hydrogen-bond donors (Lipinski definition) is 1. The van der Waals surface area contributed by atoms with E-state index >= 15 is 0 Å². The summed E-state index contributed by atoms with van der Waals surface area (Å²) < 4.78 is 0. The molecule has 0 aliphatic rings. The maximum absolute atomic E-state index is 11.3. The quantitative estimate of drug-likeness (QED) is 0.658. The van der Waals surface area contributed by atoms with Gasteiger partial charge in [-0.25, -0.2) is 0 Å². The van der Waals surface area contributed by atoms with E-state index in [1.165, 1.54) is 4.80 Å². The molecule has 0 saturated heterocycles. The van der Waals surface area contributed by atoms with Gasteiger partial charge in [0.2, 0.25) is 11.6 Å². The third-order valence-electron chi connectivity index (χ3n) is 1.57. The van der Waals surface area contributed by atoms with Crippen LogP contribution in [0.4, 0.5) is 0 Å². The summed E-state index contributed by atoms with van der Waals surface area (Å²) in [6, 6.07) is 0. The zero-order chi connectivity index (χ0) is 10.6. The Kier molecular flexibility index (Phi) is 3.70. The Labute approximate surface area is 82.7 Å². The maximum Gasteiger partial charge on any atom is 0.241 e. The molecule has 0 atom stereocenters. The third-order valence-corrected chi connectivity index (χ3v) is 1.57. The number of carbonyl (C=O) groups is 1. The summed E-state index contributed by atoms with van der Waals surface area (Å²) in [5, 5.41) is 14.2. The second-order valence-corrected chi connectivity index (χ2v) is 3.52. The van der Waals surface area contributed by atoms with Crippen molar-refractivity contribution in [1.82, 2.24) is 25.5 Å². The molecule has 1 aromatic rings. The average molecular weight is 197 g/mol. The number of carbonyl (C=O) groups excluding carboxylic acids is 1. The molecule has 0 amide bonds. The molecule has 0 aromatic carbocycles. The van der Waals surface area contributed by atoms with Gasteiger partial charge in [-0.3, -0.25) is 4.79 Å². The summed E-state index contributed by atoms with van der Waals surface area (Å²) in [5.74, 6) is 0.485. The highest BCUT2D eigenvalue weighted by molar-refractivity contribution is 5.93. The number of ketones is 1. The minimum Gasteiger partial charge on any atom is -0.313 e. The number of nitrogens with one attached hydrogen (secondary N) is 1.